The lowest BCUT2D eigenvalue weighted by atomic mass is 9.99. The minimum atomic E-state index is 0.702. The number of aromatic nitrogens is 3. The highest BCUT2D eigenvalue weighted by atomic mass is 15.1. The zero-order valence-electron chi connectivity index (χ0n) is 14.0. The fraction of sp³-hybridized carbons (Fsp3) is 0.667. The van der Waals surface area contributed by atoms with E-state index >= 15 is 0 Å². The van der Waals surface area contributed by atoms with Crippen molar-refractivity contribution in [1.82, 2.24) is 24.8 Å². The first kappa shape index (κ1) is 15.1. The van der Waals surface area contributed by atoms with Crippen LogP contribution in [0, 0.1) is 11.8 Å². The standard InChI is InChI=1S/C18H27N5/c1-22-9-6-14(12-22)10-17-21-16-5-3-8-20-18(16)23(17)13-15-4-2-7-19-11-15/h3,5,8,14-15,19H,2,4,6-7,9-13H2,1H3. The van der Waals surface area contributed by atoms with Crippen molar-refractivity contribution in [1.29, 1.82) is 0 Å². The highest BCUT2D eigenvalue weighted by Gasteiger charge is 2.24. The third-order valence-corrected chi connectivity index (χ3v) is 5.38. The molecule has 2 atom stereocenters. The van der Waals surface area contributed by atoms with Gasteiger partial charge in [-0.25, -0.2) is 9.97 Å². The molecule has 2 aliphatic rings. The molecule has 4 heterocycles. The van der Waals surface area contributed by atoms with Crippen LogP contribution in [0.2, 0.25) is 0 Å². The number of imidazole rings is 1. The summed E-state index contributed by atoms with van der Waals surface area (Å²) in [6, 6.07) is 4.09. The van der Waals surface area contributed by atoms with E-state index in [1.165, 1.54) is 44.7 Å². The van der Waals surface area contributed by atoms with Crippen LogP contribution in [0.15, 0.2) is 18.3 Å². The molecule has 23 heavy (non-hydrogen) atoms. The average molecular weight is 313 g/mol. The normalized spacial score (nSPS) is 26.1. The molecule has 5 heteroatoms. The minimum Gasteiger partial charge on any atom is -0.316 e. The maximum Gasteiger partial charge on any atom is 0.159 e. The van der Waals surface area contributed by atoms with Gasteiger partial charge in [-0.15, -0.1) is 0 Å². The van der Waals surface area contributed by atoms with E-state index in [2.05, 4.69) is 32.9 Å². The fourth-order valence-corrected chi connectivity index (χ4v) is 4.14. The van der Waals surface area contributed by atoms with Crippen LogP contribution in [-0.4, -0.2) is 52.7 Å². The summed E-state index contributed by atoms with van der Waals surface area (Å²) in [5.41, 5.74) is 2.12. The third-order valence-electron chi connectivity index (χ3n) is 5.38. The summed E-state index contributed by atoms with van der Waals surface area (Å²) >= 11 is 0. The monoisotopic (exact) mass is 313 g/mol. The van der Waals surface area contributed by atoms with Gasteiger partial charge in [0.25, 0.3) is 0 Å². The quantitative estimate of drug-likeness (QED) is 0.937. The van der Waals surface area contributed by atoms with Crippen LogP contribution in [0.25, 0.3) is 11.2 Å². The molecule has 5 nitrogen and oxygen atoms in total. The Morgan fingerprint density at radius 3 is 3.04 bits per heavy atom. The topological polar surface area (TPSA) is 46.0 Å². The second-order valence-corrected chi connectivity index (χ2v) is 7.32. The maximum absolute atomic E-state index is 4.93. The first-order valence-corrected chi connectivity index (χ1v) is 8.99. The molecular formula is C18H27N5. The molecule has 1 N–H and O–H groups in total. The van der Waals surface area contributed by atoms with Crippen LogP contribution in [0.4, 0.5) is 0 Å². The van der Waals surface area contributed by atoms with Crippen molar-refractivity contribution in [3.05, 3.63) is 24.2 Å². The number of fused-ring (bicyclic) bond motifs is 1. The van der Waals surface area contributed by atoms with Gasteiger partial charge in [0.2, 0.25) is 0 Å². The van der Waals surface area contributed by atoms with Crippen LogP contribution in [0.3, 0.4) is 0 Å². The maximum atomic E-state index is 4.93. The van der Waals surface area contributed by atoms with Gasteiger partial charge >= 0.3 is 0 Å². The number of nitrogens with one attached hydrogen (secondary N) is 1. The Bertz CT molecular complexity index is 658. The second-order valence-electron chi connectivity index (χ2n) is 7.32. The molecule has 2 aliphatic heterocycles. The minimum absolute atomic E-state index is 0.702. The van der Waals surface area contributed by atoms with E-state index in [-0.39, 0.29) is 0 Å². The van der Waals surface area contributed by atoms with Gasteiger partial charge in [-0.2, -0.15) is 0 Å². The third kappa shape index (κ3) is 3.26. The van der Waals surface area contributed by atoms with Crippen molar-refractivity contribution in [3.8, 4) is 0 Å². The molecule has 2 saturated heterocycles. The van der Waals surface area contributed by atoms with E-state index in [1.54, 1.807) is 0 Å². The second kappa shape index (κ2) is 6.57. The smallest absolute Gasteiger partial charge is 0.159 e. The van der Waals surface area contributed by atoms with Gasteiger partial charge in [0.1, 0.15) is 11.3 Å². The van der Waals surface area contributed by atoms with Gasteiger partial charge in [0.15, 0.2) is 5.65 Å². The molecule has 4 rings (SSSR count). The zero-order valence-corrected chi connectivity index (χ0v) is 14.0. The Kier molecular flexibility index (Phi) is 4.31. The number of hydrogen-bond acceptors (Lipinski definition) is 4. The van der Waals surface area contributed by atoms with Gasteiger partial charge in [-0.3, -0.25) is 0 Å². The van der Waals surface area contributed by atoms with Gasteiger partial charge in [-0.1, -0.05) is 0 Å². The molecule has 0 aliphatic carbocycles. The molecule has 2 aromatic heterocycles. The molecule has 0 spiro atoms. The van der Waals surface area contributed by atoms with Crippen molar-refractivity contribution in [2.24, 2.45) is 11.8 Å². The Morgan fingerprint density at radius 2 is 2.26 bits per heavy atom. The van der Waals surface area contributed by atoms with Crippen molar-refractivity contribution in [2.45, 2.75) is 32.2 Å². The van der Waals surface area contributed by atoms with Crippen LogP contribution < -0.4 is 5.32 Å². The predicted molar refractivity (Wildman–Crippen MR) is 92.4 cm³/mol. The molecule has 2 unspecified atom stereocenters. The summed E-state index contributed by atoms with van der Waals surface area (Å²) in [6.45, 7) is 5.76. The highest BCUT2D eigenvalue weighted by Crippen LogP contribution is 2.24. The van der Waals surface area contributed by atoms with Crippen LogP contribution in [0.1, 0.15) is 25.1 Å². The lowest BCUT2D eigenvalue weighted by Crippen LogP contribution is -2.32. The number of piperidine rings is 1. The SMILES string of the molecule is CN1CCC(Cc2nc3cccnc3n2CC2CCCNC2)C1. The summed E-state index contributed by atoms with van der Waals surface area (Å²) in [7, 11) is 2.22. The van der Waals surface area contributed by atoms with Gasteiger partial charge in [0.05, 0.1) is 0 Å². The number of hydrogen-bond donors (Lipinski definition) is 1. The Hall–Kier alpha value is -1.46. The highest BCUT2D eigenvalue weighted by molar-refractivity contribution is 5.71. The summed E-state index contributed by atoms with van der Waals surface area (Å²) in [6.07, 6.45) is 6.87. The molecule has 0 bridgehead atoms. The van der Waals surface area contributed by atoms with Crippen molar-refractivity contribution in [2.75, 3.05) is 33.2 Å². The molecule has 0 amide bonds. The Morgan fingerprint density at radius 1 is 1.30 bits per heavy atom. The molecule has 2 fully saturated rings. The first-order chi connectivity index (χ1) is 11.3. The Balaban J connectivity index is 1.61. The summed E-state index contributed by atoms with van der Waals surface area (Å²) in [4.78, 5) is 12.0. The Labute approximate surface area is 138 Å². The van der Waals surface area contributed by atoms with E-state index < -0.39 is 0 Å². The molecule has 0 saturated carbocycles. The number of rotatable bonds is 4. The fourth-order valence-electron chi connectivity index (χ4n) is 4.14. The summed E-state index contributed by atoms with van der Waals surface area (Å²) in [5, 5.41) is 3.53. The van der Waals surface area contributed by atoms with Crippen LogP contribution in [-0.2, 0) is 13.0 Å². The van der Waals surface area contributed by atoms with Crippen LogP contribution >= 0.6 is 0 Å². The average Bonchev–Trinajstić information content (AvgIpc) is 3.13. The lowest BCUT2D eigenvalue weighted by Gasteiger charge is -2.24. The molecule has 2 aromatic rings. The summed E-state index contributed by atoms with van der Waals surface area (Å²) in [5.74, 6) is 2.68. The number of pyridine rings is 1. The van der Waals surface area contributed by atoms with E-state index in [4.69, 9.17) is 4.98 Å². The summed E-state index contributed by atoms with van der Waals surface area (Å²) < 4.78 is 2.41. The van der Waals surface area contributed by atoms with Gasteiger partial charge < -0.3 is 14.8 Å². The molecule has 0 aromatic carbocycles. The van der Waals surface area contributed by atoms with Crippen LogP contribution in [0.5, 0.6) is 0 Å². The van der Waals surface area contributed by atoms with E-state index in [0.29, 0.717) is 5.92 Å². The van der Waals surface area contributed by atoms with E-state index in [9.17, 15) is 0 Å². The number of nitrogens with zero attached hydrogens (tertiary/aromatic N) is 4. The lowest BCUT2D eigenvalue weighted by molar-refractivity contribution is 0.333. The van der Waals surface area contributed by atoms with Crippen molar-refractivity contribution in [3.63, 3.8) is 0 Å². The number of likely N-dealkylation sites (tertiary alicyclic amines) is 1. The van der Waals surface area contributed by atoms with Gasteiger partial charge in [0, 0.05) is 25.7 Å². The van der Waals surface area contributed by atoms with Gasteiger partial charge in [-0.05, 0) is 69.9 Å². The van der Waals surface area contributed by atoms with E-state index in [0.717, 1.165) is 36.6 Å². The largest absolute Gasteiger partial charge is 0.316 e. The first-order valence-electron chi connectivity index (χ1n) is 8.99. The van der Waals surface area contributed by atoms with E-state index in [1.807, 2.05) is 12.3 Å². The van der Waals surface area contributed by atoms with Crippen molar-refractivity contribution < 1.29 is 0 Å². The molecule has 0 radical (unpaired) electrons. The van der Waals surface area contributed by atoms with Crippen molar-refractivity contribution >= 4 is 11.2 Å². The molecule has 124 valence electrons. The predicted octanol–water partition coefficient (Wildman–Crippen LogP) is 1.93. The zero-order chi connectivity index (χ0) is 15.6. The molecular weight excluding hydrogens is 286 g/mol.